The van der Waals surface area contributed by atoms with E-state index < -0.39 is 0 Å². The average molecular weight is 481 g/mol. The Hall–Kier alpha value is -3.13. The Labute approximate surface area is 205 Å². The number of aromatic nitrogens is 2. The van der Waals surface area contributed by atoms with E-state index in [0.717, 1.165) is 55.6 Å². The number of fused-ring (bicyclic) bond motifs is 1. The molecule has 3 heterocycles. The molecule has 5 rings (SSSR count). The van der Waals surface area contributed by atoms with Crippen molar-refractivity contribution in [1.29, 1.82) is 0 Å². The van der Waals surface area contributed by atoms with Crippen molar-refractivity contribution in [3.8, 4) is 22.9 Å². The molecule has 8 heteroatoms. The molecule has 2 aromatic carbocycles. The number of likely N-dealkylation sites (tertiary alicyclic amines) is 2. The summed E-state index contributed by atoms with van der Waals surface area (Å²) in [6, 6.07) is 10.6. The Kier molecular flexibility index (Phi) is 6.65. The zero-order chi connectivity index (χ0) is 24.5. The number of carbonyl (C=O) groups excluding carboxylic acids is 1. The summed E-state index contributed by atoms with van der Waals surface area (Å²) in [7, 11) is 5.27. The van der Waals surface area contributed by atoms with Crippen molar-refractivity contribution in [2.75, 3.05) is 40.9 Å². The molecular formula is C27H33FN4O3. The Balaban J connectivity index is 1.45. The minimum absolute atomic E-state index is 0.000301. The van der Waals surface area contributed by atoms with E-state index in [9.17, 15) is 9.18 Å². The first-order chi connectivity index (χ1) is 17.0. The van der Waals surface area contributed by atoms with Gasteiger partial charge in [0.1, 0.15) is 11.6 Å². The van der Waals surface area contributed by atoms with Gasteiger partial charge in [0.25, 0.3) is 0 Å². The highest BCUT2D eigenvalue weighted by Crippen LogP contribution is 2.37. The molecule has 0 radical (unpaired) electrons. The highest BCUT2D eigenvalue weighted by Gasteiger charge is 2.33. The highest BCUT2D eigenvalue weighted by molar-refractivity contribution is 5.83. The van der Waals surface area contributed by atoms with Crippen LogP contribution in [0.3, 0.4) is 0 Å². The van der Waals surface area contributed by atoms with Crippen LogP contribution in [0.15, 0.2) is 36.4 Å². The maximum absolute atomic E-state index is 14.1. The molecule has 0 N–H and O–H groups in total. The van der Waals surface area contributed by atoms with Crippen LogP contribution in [0.1, 0.15) is 38.1 Å². The summed E-state index contributed by atoms with van der Waals surface area (Å²) in [6.45, 7) is 2.40. The van der Waals surface area contributed by atoms with Crippen LogP contribution in [0.4, 0.5) is 4.39 Å². The molecule has 1 atom stereocenters. The number of methoxy groups -OCH3 is 2. The lowest BCUT2D eigenvalue weighted by molar-refractivity contribution is -0.139. The molecule has 3 aromatic rings. The van der Waals surface area contributed by atoms with Crippen molar-refractivity contribution in [3.63, 3.8) is 0 Å². The van der Waals surface area contributed by atoms with Crippen LogP contribution in [-0.4, -0.2) is 72.2 Å². The molecule has 186 valence electrons. The number of likely N-dealkylation sites (N-methyl/N-ethyl adjacent to an activating group) is 1. The zero-order valence-electron chi connectivity index (χ0n) is 20.7. The molecule has 0 aliphatic carbocycles. The van der Waals surface area contributed by atoms with Crippen molar-refractivity contribution < 1.29 is 18.7 Å². The van der Waals surface area contributed by atoms with Crippen molar-refractivity contribution >= 4 is 16.9 Å². The second-order valence-electron chi connectivity index (χ2n) is 9.56. The van der Waals surface area contributed by atoms with Crippen LogP contribution in [0.2, 0.25) is 0 Å². The molecule has 1 aromatic heterocycles. The molecule has 1 amide bonds. The molecule has 0 unspecified atom stereocenters. The van der Waals surface area contributed by atoms with E-state index in [-0.39, 0.29) is 23.8 Å². The summed E-state index contributed by atoms with van der Waals surface area (Å²) in [5.74, 6) is 1.97. The summed E-state index contributed by atoms with van der Waals surface area (Å²) < 4.78 is 27.2. The smallest absolute Gasteiger partial charge is 0.239 e. The summed E-state index contributed by atoms with van der Waals surface area (Å²) in [5, 5.41) is 0. The lowest BCUT2D eigenvalue weighted by Crippen LogP contribution is -2.51. The van der Waals surface area contributed by atoms with Gasteiger partial charge in [-0.1, -0.05) is 6.42 Å². The molecular weight excluding hydrogens is 447 g/mol. The molecule has 7 nitrogen and oxygen atoms in total. The number of imidazole rings is 1. The zero-order valence-corrected chi connectivity index (χ0v) is 20.7. The van der Waals surface area contributed by atoms with Gasteiger partial charge < -0.3 is 18.9 Å². The molecule has 0 spiro atoms. The van der Waals surface area contributed by atoms with Gasteiger partial charge in [-0.2, -0.15) is 0 Å². The summed E-state index contributed by atoms with van der Waals surface area (Å²) >= 11 is 0. The van der Waals surface area contributed by atoms with Crippen LogP contribution in [0, 0.1) is 5.82 Å². The fourth-order valence-electron chi connectivity index (χ4n) is 5.56. The molecule has 2 fully saturated rings. The number of piperidine rings is 2. The number of amides is 1. The lowest BCUT2D eigenvalue weighted by Gasteiger charge is -2.39. The third kappa shape index (κ3) is 4.47. The third-order valence-electron chi connectivity index (χ3n) is 7.49. The predicted molar refractivity (Wildman–Crippen MR) is 133 cm³/mol. The Morgan fingerprint density at radius 2 is 1.74 bits per heavy atom. The highest BCUT2D eigenvalue weighted by atomic mass is 19.1. The van der Waals surface area contributed by atoms with Crippen molar-refractivity contribution in [2.24, 2.45) is 0 Å². The quantitative estimate of drug-likeness (QED) is 0.538. The summed E-state index contributed by atoms with van der Waals surface area (Å²) in [4.78, 5) is 22.3. The van der Waals surface area contributed by atoms with Crippen LogP contribution in [-0.2, 0) is 4.79 Å². The predicted octanol–water partition coefficient (Wildman–Crippen LogP) is 4.51. The molecule has 2 aliphatic rings. The van der Waals surface area contributed by atoms with Crippen molar-refractivity contribution in [1.82, 2.24) is 19.4 Å². The van der Waals surface area contributed by atoms with Crippen LogP contribution in [0.25, 0.3) is 22.4 Å². The number of ether oxygens (including phenoxy) is 2. The van der Waals surface area contributed by atoms with E-state index in [2.05, 4.69) is 16.5 Å². The van der Waals surface area contributed by atoms with Crippen LogP contribution < -0.4 is 9.47 Å². The second-order valence-corrected chi connectivity index (χ2v) is 9.56. The number of halogens is 1. The van der Waals surface area contributed by atoms with Crippen molar-refractivity contribution in [2.45, 2.75) is 44.2 Å². The second kappa shape index (κ2) is 9.85. The molecule has 2 aliphatic heterocycles. The van der Waals surface area contributed by atoms with Gasteiger partial charge in [0, 0.05) is 30.8 Å². The van der Waals surface area contributed by atoms with Gasteiger partial charge in [0.2, 0.25) is 5.91 Å². The minimum Gasteiger partial charge on any atom is -0.493 e. The maximum atomic E-state index is 14.1. The number of rotatable bonds is 5. The number of hydrogen-bond donors (Lipinski definition) is 0. The minimum atomic E-state index is -0.307. The molecule has 0 bridgehead atoms. The number of benzene rings is 2. The van der Waals surface area contributed by atoms with E-state index in [1.807, 2.05) is 23.1 Å². The number of carbonyl (C=O) groups is 1. The number of nitrogens with zero attached hydrogens (tertiary/aromatic N) is 4. The van der Waals surface area contributed by atoms with Crippen molar-refractivity contribution in [3.05, 3.63) is 42.2 Å². The van der Waals surface area contributed by atoms with Crippen LogP contribution in [0.5, 0.6) is 11.5 Å². The van der Waals surface area contributed by atoms with E-state index >= 15 is 0 Å². The average Bonchev–Trinajstić information content (AvgIpc) is 3.26. The van der Waals surface area contributed by atoms with Gasteiger partial charge >= 0.3 is 0 Å². The van der Waals surface area contributed by atoms with E-state index in [1.165, 1.54) is 12.1 Å². The van der Waals surface area contributed by atoms with E-state index in [1.54, 1.807) is 20.3 Å². The van der Waals surface area contributed by atoms with E-state index in [4.69, 9.17) is 14.5 Å². The fraction of sp³-hybridized carbons (Fsp3) is 0.481. The lowest BCUT2D eigenvalue weighted by atomic mass is 9.98. The Morgan fingerprint density at radius 3 is 2.46 bits per heavy atom. The SMILES string of the molecule is COc1ccc(-c2nc3cc(F)ccc3n2C2CCN(C(=O)[C@@H]3CCCCN3C)CC2)cc1OC. The number of hydrogen-bond acceptors (Lipinski definition) is 5. The van der Waals surface area contributed by atoms with Gasteiger partial charge in [-0.15, -0.1) is 0 Å². The monoisotopic (exact) mass is 480 g/mol. The Bertz CT molecular complexity index is 1220. The largest absolute Gasteiger partial charge is 0.493 e. The summed E-state index contributed by atoms with van der Waals surface area (Å²) in [5.41, 5.74) is 2.40. The first kappa shape index (κ1) is 23.6. The Morgan fingerprint density at radius 1 is 0.971 bits per heavy atom. The van der Waals surface area contributed by atoms with Crippen LogP contribution >= 0.6 is 0 Å². The first-order valence-electron chi connectivity index (χ1n) is 12.4. The van der Waals surface area contributed by atoms with Gasteiger partial charge in [0.15, 0.2) is 11.5 Å². The summed E-state index contributed by atoms with van der Waals surface area (Å²) in [6.07, 6.45) is 4.87. The van der Waals surface area contributed by atoms with Gasteiger partial charge in [0.05, 0.1) is 31.3 Å². The van der Waals surface area contributed by atoms with E-state index in [0.29, 0.717) is 30.1 Å². The third-order valence-corrected chi connectivity index (χ3v) is 7.49. The molecule has 35 heavy (non-hydrogen) atoms. The standard InChI is InChI=1S/C27H33FN4O3/c1-30-13-5-4-6-23(30)27(33)31-14-11-20(12-15-31)32-22-9-8-19(28)17-21(22)29-26(32)18-7-10-24(34-2)25(16-18)35-3/h7-10,16-17,20,23H,4-6,11-15H2,1-3H3/t23-/m0/s1. The van der Waals surface area contributed by atoms with Gasteiger partial charge in [-0.3, -0.25) is 9.69 Å². The fourth-order valence-corrected chi connectivity index (χ4v) is 5.56. The van der Waals surface area contributed by atoms with Gasteiger partial charge in [-0.05, 0) is 69.6 Å². The van der Waals surface area contributed by atoms with Gasteiger partial charge in [-0.25, -0.2) is 9.37 Å². The molecule has 0 saturated carbocycles. The topological polar surface area (TPSA) is 59.8 Å². The normalized spacial score (nSPS) is 19.8. The first-order valence-corrected chi connectivity index (χ1v) is 12.4. The molecule has 2 saturated heterocycles. The maximum Gasteiger partial charge on any atom is 0.239 e.